The maximum absolute atomic E-state index is 12.1. The predicted molar refractivity (Wildman–Crippen MR) is 84.0 cm³/mol. The molecule has 3 aliphatic rings. The van der Waals surface area contributed by atoms with Gasteiger partial charge in [0.1, 0.15) is 0 Å². The van der Waals surface area contributed by atoms with Crippen LogP contribution in [0.1, 0.15) is 36.9 Å². The van der Waals surface area contributed by atoms with Crippen LogP contribution in [0.3, 0.4) is 0 Å². The van der Waals surface area contributed by atoms with E-state index in [1.807, 2.05) is 6.07 Å². The maximum Gasteiger partial charge on any atom is 0.267 e. The predicted octanol–water partition coefficient (Wildman–Crippen LogP) is 1.23. The van der Waals surface area contributed by atoms with Crippen molar-refractivity contribution >= 4 is 0 Å². The van der Waals surface area contributed by atoms with Crippen molar-refractivity contribution in [2.45, 2.75) is 51.2 Å². The molecule has 0 saturated carbocycles. The Bertz CT molecular complexity index is 586. The first kappa shape index (κ1) is 14.4. The molecule has 0 amide bonds. The van der Waals surface area contributed by atoms with Gasteiger partial charge in [-0.2, -0.15) is 5.10 Å². The third-order valence-electron chi connectivity index (χ3n) is 5.22. The van der Waals surface area contributed by atoms with Crippen molar-refractivity contribution in [2.75, 3.05) is 26.2 Å². The van der Waals surface area contributed by atoms with Gasteiger partial charge in [-0.3, -0.25) is 9.69 Å². The van der Waals surface area contributed by atoms with Crippen molar-refractivity contribution in [1.29, 1.82) is 0 Å². The molecule has 5 heteroatoms. The molecule has 1 aromatic rings. The molecule has 1 unspecified atom stereocenters. The van der Waals surface area contributed by atoms with Crippen LogP contribution in [0, 0.1) is 5.92 Å². The molecule has 2 aliphatic heterocycles. The van der Waals surface area contributed by atoms with E-state index < -0.39 is 0 Å². The molecule has 5 nitrogen and oxygen atoms in total. The quantitative estimate of drug-likeness (QED) is 0.839. The Balaban J connectivity index is 1.30. The van der Waals surface area contributed by atoms with E-state index in [9.17, 15) is 4.79 Å². The number of aromatic nitrogens is 2. The fourth-order valence-corrected chi connectivity index (χ4v) is 4.00. The van der Waals surface area contributed by atoms with E-state index in [4.69, 9.17) is 4.74 Å². The monoisotopic (exact) mass is 303 g/mol. The summed E-state index contributed by atoms with van der Waals surface area (Å²) in [4.78, 5) is 14.6. The second kappa shape index (κ2) is 6.13. The molecule has 2 saturated heterocycles. The van der Waals surface area contributed by atoms with Crippen molar-refractivity contribution in [1.82, 2.24) is 14.7 Å². The van der Waals surface area contributed by atoms with Crippen LogP contribution in [0.5, 0.6) is 0 Å². The second-order valence-electron chi connectivity index (χ2n) is 7.06. The van der Waals surface area contributed by atoms with Gasteiger partial charge in [0.2, 0.25) is 0 Å². The van der Waals surface area contributed by atoms with Gasteiger partial charge in [-0.25, -0.2) is 4.68 Å². The molecule has 4 rings (SSSR count). The molecule has 120 valence electrons. The summed E-state index contributed by atoms with van der Waals surface area (Å²) in [5, 5.41) is 4.58. The molecule has 0 spiro atoms. The van der Waals surface area contributed by atoms with Crippen LogP contribution in [0.25, 0.3) is 0 Å². The Morgan fingerprint density at radius 2 is 2.09 bits per heavy atom. The molecule has 2 fully saturated rings. The number of aryl methyl sites for hydroxylation is 2. The molecule has 1 aromatic heterocycles. The third kappa shape index (κ3) is 2.97. The average Bonchev–Trinajstić information content (AvgIpc) is 2.93. The standard InChI is InChI=1S/C17H25N3O2/c21-17-8-14-4-3-6-16(14)18-20(17)11-13-9-19(10-13)12-15-5-1-2-7-22-15/h8,13,15H,1-7,9-12H2. The van der Waals surface area contributed by atoms with E-state index in [1.165, 1.54) is 24.8 Å². The number of rotatable bonds is 4. The summed E-state index contributed by atoms with van der Waals surface area (Å²) in [5.74, 6) is 0.563. The van der Waals surface area contributed by atoms with Gasteiger partial charge >= 0.3 is 0 Å². The van der Waals surface area contributed by atoms with Crippen LogP contribution in [0.4, 0.5) is 0 Å². The summed E-state index contributed by atoms with van der Waals surface area (Å²) < 4.78 is 7.50. The normalized spacial score (nSPS) is 25.9. The molecule has 3 heterocycles. The molecule has 0 bridgehead atoms. The van der Waals surface area contributed by atoms with Crippen molar-refractivity contribution in [3.05, 3.63) is 27.7 Å². The maximum atomic E-state index is 12.1. The number of hydrogen-bond acceptors (Lipinski definition) is 4. The minimum Gasteiger partial charge on any atom is -0.377 e. The summed E-state index contributed by atoms with van der Waals surface area (Å²) in [6.07, 6.45) is 7.35. The van der Waals surface area contributed by atoms with Crippen LogP contribution in [0.15, 0.2) is 10.9 Å². The Morgan fingerprint density at radius 1 is 1.18 bits per heavy atom. The molecule has 22 heavy (non-hydrogen) atoms. The van der Waals surface area contributed by atoms with E-state index in [0.29, 0.717) is 12.0 Å². The van der Waals surface area contributed by atoms with Gasteiger partial charge in [-0.05, 0) is 44.1 Å². The van der Waals surface area contributed by atoms with Crippen LogP contribution < -0.4 is 5.56 Å². The Morgan fingerprint density at radius 3 is 2.91 bits per heavy atom. The van der Waals surface area contributed by atoms with E-state index in [2.05, 4.69) is 10.00 Å². The Labute approximate surface area is 131 Å². The number of ether oxygens (including phenoxy) is 1. The van der Waals surface area contributed by atoms with Crippen LogP contribution in [-0.4, -0.2) is 47.0 Å². The van der Waals surface area contributed by atoms with Crippen molar-refractivity contribution in [2.24, 2.45) is 5.92 Å². The van der Waals surface area contributed by atoms with Gasteiger partial charge in [0.15, 0.2) is 0 Å². The topological polar surface area (TPSA) is 47.4 Å². The first-order valence-corrected chi connectivity index (χ1v) is 8.72. The zero-order chi connectivity index (χ0) is 14.9. The zero-order valence-corrected chi connectivity index (χ0v) is 13.2. The minimum absolute atomic E-state index is 0.0784. The molecular weight excluding hydrogens is 278 g/mol. The van der Waals surface area contributed by atoms with E-state index >= 15 is 0 Å². The smallest absolute Gasteiger partial charge is 0.267 e. The van der Waals surface area contributed by atoms with Gasteiger partial charge in [0.25, 0.3) is 5.56 Å². The molecule has 1 atom stereocenters. The first-order chi connectivity index (χ1) is 10.8. The largest absolute Gasteiger partial charge is 0.377 e. The zero-order valence-electron chi connectivity index (χ0n) is 13.2. The lowest BCUT2D eigenvalue weighted by atomic mass is 9.98. The van der Waals surface area contributed by atoms with Gasteiger partial charge in [0, 0.05) is 38.2 Å². The van der Waals surface area contributed by atoms with Gasteiger partial charge in [-0.15, -0.1) is 0 Å². The fraction of sp³-hybridized carbons (Fsp3) is 0.765. The minimum atomic E-state index is 0.0784. The Hall–Kier alpha value is -1.20. The number of likely N-dealkylation sites (tertiary alicyclic amines) is 1. The highest BCUT2D eigenvalue weighted by Crippen LogP contribution is 2.22. The average molecular weight is 303 g/mol. The highest BCUT2D eigenvalue weighted by atomic mass is 16.5. The lowest BCUT2D eigenvalue weighted by molar-refractivity contribution is -0.0322. The highest BCUT2D eigenvalue weighted by Gasteiger charge is 2.30. The van der Waals surface area contributed by atoms with Crippen molar-refractivity contribution in [3.8, 4) is 0 Å². The van der Waals surface area contributed by atoms with E-state index in [0.717, 1.165) is 57.7 Å². The van der Waals surface area contributed by atoms with Crippen molar-refractivity contribution in [3.63, 3.8) is 0 Å². The fourth-order valence-electron chi connectivity index (χ4n) is 4.00. The molecule has 1 aliphatic carbocycles. The number of nitrogens with zero attached hydrogens (tertiary/aromatic N) is 3. The summed E-state index contributed by atoms with van der Waals surface area (Å²) in [5.41, 5.74) is 2.40. The van der Waals surface area contributed by atoms with E-state index in [-0.39, 0.29) is 5.56 Å². The summed E-state index contributed by atoms with van der Waals surface area (Å²) in [6, 6.07) is 1.81. The summed E-state index contributed by atoms with van der Waals surface area (Å²) >= 11 is 0. The second-order valence-corrected chi connectivity index (χ2v) is 7.06. The number of fused-ring (bicyclic) bond motifs is 1. The third-order valence-corrected chi connectivity index (χ3v) is 5.22. The lowest BCUT2D eigenvalue weighted by Crippen LogP contribution is -2.52. The molecule has 0 N–H and O–H groups in total. The van der Waals surface area contributed by atoms with Gasteiger partial charge < -0.3 is 4.74 Å². The summed E-state index contributed by atoms with van der Waals surface area (Å²) in [6.45, 7) is 4.91. The van der Waals surface area contributed by atoms with Gasteiger partial charge in [-0.1, -0.05) is 0 Å². The highest BCUT2D eigenvalue weighted by molar-refractivity contribution is 5.22. The molecular formula is C17H25N3O2. The van der Waals surface area contributed by atoms with Crippen LogP contribution in [0.2, 0.25) is 0 Å². The SMILES string of the molecule is O=c1cc2c(nn1CC1CN(CC3CCCCO3)C1)CCC2. The number of hydrogen-bond donors (Lipinski definition) is 0. The lowest BCUT2D eigenvalue weighted by Gasteiger charge is -2.41. The molecule has 0 aromatic carbocycles. The summed E-state index contributed by atoms with van der Waals surface area (Å²) in [7, 11) is 0. The van der Waals surface area contributed by atoms with Gasteiger partial charge in [0.05, 0.1) is 18.3 Å². The van der Waals surface area contributed by atoms with Crippen LogP contribution in [-0.2, 0) is 24.1 Å². The first-order valence-electron chi connectivity index (χ1n) is 8.72. The Kier molecular flexibility index (Phi) is 4.01. The molecule has 0 radical (unpaired) electrons. The van der Waals surface area contributed by atoms with Crippen LogP contribution >= 0.6 is 0 Å². The van der Waals surface area contributed by atoms with Crippen molar-refractivity contribution < 1.29 is 4.74 Å². The van der Waals surface area contributed by atoms with E-state index in [1.54, 1.807) is 4.68 Å².